The largest absolute Gasteiger partial charge is 0.395 e. The Balaban J connectivity index is 1.52. The van der Waals surface area contributed by atoms with Gasteiger partial charge in [-0.1, -0.05) is 61.9 Å². The second kappa shape index (κ2) is 6.38. The van der Waals surface area contributed by atoms with Crippen LogP contribution in [0.4, 0.5) is 5.69 Å². The zero-order chi connectivity index (χ0) is 15.6. The highest BCUT2D eigenvalue weighted by Gasteiger charge is 2.28. The highest BCUT2D eigenvalue weighted by molar-refractivity contribution is 5.50. The van der Waals surface area contributed by atoms with Gasteiger partial charge in [0.1, 0.15) is 12.0 Å². The van der Waals surface area contributed by atoms with Crippen LogP contribution in [0.1, 0.15) is 73.2 Å². The number of rotatable bonds is 3. The third kappa shape index (κ3) is 3.01. The summed E-state index contributed by atoms with van der Waals surface area (Å²) in [5.74, 6) is 1.20. The molecule has 2 aliphatic rings. The van der Waals surface area contributed by atoms with Gasteiger partial charge in [0, 0.05) is 5.92 Å². The van der Waals surface area contributed by atoms with Gasteiger partial charge in [0.2, 0.25) is 0 Å². The Morgan fingerprint density at radius 3 is 2.65 bits per heavy atom. The van der Waals surface area contributed by atoms with E-state index in [9.17, 15) is 0 Å². The molecule has 3 nitrogen and oxygen atoms in total. The maximum atomic E-state index is 5.99. The molecule has 2 aromatic rings. The maximum absolute atomic E-state index is 5.99. The Labute approximate surface area is 138 Å². The Bertz CT molecular complexity index is 668. The number of aryl methyl sites for hydroxylation is 1. The van der Waals surface area contributed by atoms with E-state index in [0.29, 0.717) is 11.6 Å². The molecule has 0 spiro atoms. The van der Waals surface area contributed by atoms with Crippen molar-refractivity contribution in [3.63, 3.8) is 0 Å². The lowest BCUT2D eigenvalue weighted by Gasteiger charge is -2.15. The van der Waals surface area contributed by atoms with Gasteiger partial charge in [-0.25, -0.2) is 0 Å². The molecule has 1 aromatic carbocycles. The third-order valence-electron chi connectivity index (χ3n) is 5.74. The number of fused-ring (bicyclic) bond motifs is 1. The van der Waals surface area contributed by atoms with E-state index in [4.69, 9.17) is 10.3 Å². The van der Waals surface area contributed by atoms with Crippen molar-refractivity contribution >= 4 is 5.69 Å². The van der Waals surface area contributed by atoms with Crippen molar-refractivity contribution in [2.75, 3.05) is 5.73 Å². The summed E-state index contributed by atoms with van der Waals surface area (Å²) in [5, 5.41) is 4.12. The first-order valence-corrected chi connectivity index (χ1v) is 9.12. The average molecular weight is 310 g/mol. The second-order valence-electron chi connectivity index (χ2n) is 7.34. The minimum absolute atomic E-state index is 0.315. The van der Waals surface area contributed by atoms with Crippen LogP contribution in [-0.4, -0.2) is 5.16 Å². The van der Waals surface area contributed by atoms with Gasteiger partial charge < -0.3 is 10.3 Å². The number of anilines is 1. The Kier molecular flexibility index (Phi) is 4.11. The summed E-state index contributed by atoms with van der Waals surface area (Å²) in [6.07, 6.45) is 13.6. The number of nitrogens with two attached hydrogens (primary N) is 1. The van der Waals surface area contributed by atoms with Crippen LogP contribution in [0.15, 0.2) is 29.0 Å². The summed E-state index contributed by atoms with van der Waals surface area (Å²) in [6.45, 7) is 0. The molecule has 1 fully saturated rings. The molecule has 2 aliphatic carbocycles. The molecule has 4 rings (SSSR count). The van der Waals surface area contributed by atoms with Crippen LogP contribution in [0.3, 0.4) is 0 Å². The molecular weight excluding hydrogens is 284 g/mol. The van der Waals surface area contributed by atoms with Crippen LogP contribution in [0, 0.1) is 5.92 Å². The molecule has 0 aliphatic heterocycles. The van der Waals surface area contributed by atoms with Crippen molar-refractivity contribution in [3.05, 3.63) is 46.8 Å². The van der Waals surface area contributed by atoms with E-state index < -0.39 is 0 Å². The normalized spacial score (nSPS) is 22.0. The molecule has 1 saturated carbocycles. The fraction of sp³-hybridized carbons (Fsp3) is 0.550. The minimum atomic E-state index is 0.315. The van der Waals surface area contributed by atoms with Gasteiger partial charge in [0.15, 0.2) is 0 Å². The van der Waals surface area contributed by atoms with Crippen LogP contribution >= 0.6 is 0 Å². The van der Waals surface area contributed by atoms with Crippen LogP contribution < -0.4 is 5.73 Å². The number of nitrogens with zero attached hydrogens (tertiary/aromatic N) is 1. The monoisotopic (exact) mass is 310 g/mol. The van der Waals surface area contributed by atoms with Crippen LogP contribution in [0.5, 0.6) is 0 Å². The van der Waals surface area contributed by atoms with E-state index in [1.165, 1.54) is 61.6 Å². The maximum Gasteiger partial charge on any atom is 0.147 e. The SMILES string of the molecule is Nc1conc1C1CCc2cc(CC3CCCCCC3)ccc21. The van der Waals surface area contributed by atoms with Gasteiger partial charge in [-0.3, -0.25) is 0 Å². The topological polar surface area (TPSA) is 52.0 Å². The van der Waals surface area contributed by atoms with E-state index in [0.717, 1.165) is 24.5 Å². The highest BCUT2D eigenvalue weighted by atomic mass is 16.5. The summed E-state index contributed by atoms with van der Waals surface area (Å²) in [4.78, 5) is 0. The highest BCUT2D eigenvalue weighted by Crippen LogP contribution is 2.40. The quantitative estimate of drug-likeness (QED) is 0.825. The summed E-state index contributed by atoms with van der Waals surface area (Å²) in [7, 11) is 0. The first-order chi connectivity index (χ1) is 11.3. The second-order valence-corrected chi connectivity index (χ2v) is 7.34. The summed E-state index contributed by atoms with van der Waals surface area (Å²) >= 11 is 0. The molecule has 1 atom stereocenters. The predicted molar refractivity (Wildman–Crippen MR) is 92.4 cm³/mol. The fourth-order valence-corrected chi connectivity index (χ4v) is 4.50. The molecule has 23 heavy (non-hydrogen) atoms. The molecule has 2 N–H and O–H groups in total. The minimum Gasteiger partial charge on any atom is -0.395 e. The molecule has 122 valence electrons. The van der Waals surface area contributed by atoms with Gasteiger partial charge in [-0.15, -0.1) is 0 Å². The van der Waals surface area contributed by atoms with E-state index in [2.05, 4.69) is 23.4 Å². The standard InChI is InChI=1S/C20H26N2O/c21-19-13-23-22-20(19)18-10-8-16-12-15(7-9-17(16)18)11-14-5-3-1-2-4-6-14/h7,9,12-14,18H,1-6,8,10-11,21H2. The number of nitrogen functional groups attached to an aromatic ring is 1. The molecule has 0 saturated heterocycles. The molecule has 1 aromatic heterocycles. The van der Waals surface area contributed by atoms with Gasteiger partial charge in [0.25, 0.3) is 0 Å². The van der Waals surface area contributed by atoms with E-state index in [1.807, 2.05) is 0 Å². The molecule has 0 amide bonds. The van der Waals surface area contributed by atoms with Gasteiger partial charge in [-0.2, -0.15) is 0 Å². The van der Waals surface area contributed by atoms with Crippen LogP contribution in [-0.2, 0) is 12.8 Å². The number of hydrogen-bond acceptors (Lipinski definition) is 3. The number of aromatic nitrogens is 1. The molecule has 3 heteroatoms. The summed E-state index contributed by atoms with van der Waals surface area (Å²) in [6, 6.07) is 7.09. The average Bonchev–Trinajstić information content (AvgIpc) is 3.06. The van der Waals surface area contributed by atoms with Crippen LogP contribution in [0.25, 0.3) is 0 Å². The molecule has 0 radical (unpaired) electrons. The van der Waals surface area contributed by atoms with Crippen molar-refractivity contribution in [1.82, 2.24) is 5.16 Å². The molecule has 1 heterocycles. The van der Waals surface area contributed by atoms with Crippen molar-refractivity contribution in [2.45, 2.75) is 63.7 Å². The van der Waals surface area contributed by atoms with Crippen molar-refractivity contribution in [2.24, 2.45) is 5.92 Å². The summed E-state index contributed by atoms with van der Waals surface area (Å²) in [5.41, 5.74) is 12.0. The Morgan fingerprint density at radius 2 is 1.91 bits per heavy atom. The van der Waals surface area contributed by atoms with Crippen molar-refractivity contribution in [3.8, 4) is 0 Å². The smallest absolute Gasteiger partial charge is 0.147 e. The zero-order valence-electron chi connectivity index (χ0n) is 13.8. The molecule has 0 bridgehead atoms. The molecule has 1 unspecified atom stereocenters. The fourth-order valence-electron chi connectivity index (χ4n) is 4.50. The Morgan fingerprint density at radius 1 is 1.09 bits per heavy atom. The van der Waals surface area contributed by atoms with E-state index in [-0.39, 0.29) is 0 Å². The lowest BCUT2D eigenvalue weighted by molar-refractivity contribution is 0.408. The molecular formula is C20H26N2O. The van der Waals surface area contributed by atoms with Gasteiger partial charge in [-0.05, 0) is 41.9 Å². The van der Waals surface area contributed by atoms with Gasteiger partial charge >= 0.3 is 0 Å². The van der Waals surface area contributed by atoms with Crippen molar-refractivity contribution in [1.29, 1.82) is 0 Å². The van der Waals surface area contributed by atoms with Gasteiger partial charge in [0.05, 0.1) is 5.69 Å². The predicted octanol–water partition coefficient (Wildman–Crippen LogP) is 4.85. The zero-order valence-corrected chi connectivity index (χ0v) is 13.8. The summed E-state index contributed by atoms with van der Waals surface area (Å²) < 4.78 is 5.03. The first-order valence-electron chi connectivity index (χ1n) is 9.12. The third-order valence-corrected chi connectivity index (χ3v) is 5.74. The number of hydrogen-bond donors (Lipinski definition) is 1. The first kappa shape index (κ1) is 14.8. The van der Waals surface area contributed by atoms with Crippen molar-refractivity contribution < 1.29 is 4.52 Å². The lowest BCUT2D eigenvalue weighted by atomic mass is 9.90. The van der Waals surface area contributed by atoms with E-state index in [1.54, 1.807) is 6.26 Å². The number of benzene rings is 1. The Hall–Kier alpha value is -1.77. The van der Waals surface area contributed by atoms with Crippen LogP contribution in [0.2, 0.25) is 0 Å². The lowest BCUT2D eigenvalue weighted by Crippen LogP contribution is -2.04. The van der Waals surface area contributed by atoms with E-state index >= 15 is 0 Å².